The van der Waals surface area contributed by atoms with Gasteiger partial charge in [-0.1, -0.05) is 19.1 Å². The minimum Gasteiger partial charge on any atom is -0.504 e. The van der Waals surface area contributed by atoms with Gasteiger partial charge >= 0.3 is 5.97 Å². The first-order valence-electron chi connectivity index (χ1n) is 5.76. The van der Waals surface area contributed by atoms with Crippen LogP contribution in [0, 0.1) is 0 Å². The Balaban J connectivity index is 3.02. The van der Waals surface area contributed by atoms with Gasteiger partial charge in [-0.3, -0.25) is 4.79 Å². The van der Waals surface area contributed by atoms with Crippen LogP contribution in [0.3, 0.4) is 0 Å². The number of phenols is 1. The van der Waals surface area contributed by atoms with Gasteiger partial charge in [0, 0.05) is 5.56 Å². The molecule has 4 nitrogen and oxygen atoms in total. The van der Waals surface area contributed by atoms with Crippen molar-refractivity contribution in [2.24, 2.45) is 0 Å². The number of rotatable bonds is 6. The highest BCUT2D eigenvalue weighted by atomic mass is 16.5. The molecule has 17 heavy (non-hydrogen) atoms. The van der Waals surface area contributed by atoms with Crippen LogP contribution >= 0.6 is 0 Å². The number of benzene rings is 1. The van der Waals surface area contributed by atoms with E-state index in [1.807, 2.05) is 13.8 Å². The number of carboxylic acid groups (broad SMARTS) is 1. The number of hydrogen-bond donors (Lipinski definition) is 2. The Morgan fingerprint density at radius 2 is 2.12 bits per heavy atom. The zero-order valence-electron chi connectivity index (χ0n) is 10.1. The fraction of sp³-hybridized carbons (Fsp3) is 0.462. The summed E-state index contributed by atoms with van der Waals surface area (Å²) in [5.74, 6) is -0.581. The quantitative estimate of drug-likeness (QED) is 0.799. The lowest BCUT2D eigenvalue weighted by atomic mass is 9.92. The molecule has 0 aliphatic rings. The second-order valence-electron chi connectivity index (χ2n) is 3.83. The highest BCUT2D eigenvalue weighted by Crippen LogP contribution is 2.37. The topological polar surface area (TPSA) is 66.8 Å². The Hall–Kier alpha value is -1.71. The summed E-state index contributed by atoms with van der Waals surface area (Å²) in [6, 6.07) is 5.19. The predicted molar refractivity (Wildman–Crippen MR) is 64.6 cm³/mol. The third kappa shape index (κ3) is 3.37. The van der Waals surface area contributed by atoms with E-state index >= 15 is 0 Å². The van der Waals surface area contributed by atoms with Crippen LogP contribution in [0.1, 0.15) is 38.2 Å². The second kappa shape index (κ2) is 6.13. The Bertz CT molecular complexity index is 387. The molecule has 0 saturated heterocycles. The summed E-state index contributed by atoms with van der Waals surface area (Å²) in [5.41, 5.74) is 0.640. The Morgan fingerprint density at radius 1 is 1.41 bits per heavy atom. The van der Waals surface area contributed by atoms with E-state index in [4.69, 9.17) is 9.84 Å². The maximum Gasteiger partial charge on any atom is 0.303 e. The van der Waals surface area contributed by atoms with Gasteiger partial charge in [0.1, 0.15) is 0 Å². The molecule has 0 aliphatic heterocycles. The van der Waals surface area contributed by atoms with Gasteiger partial charge in [0.25, 0.3) is 0 Å². The van der Waals surface area contributed by atoms with Crippen LogP contribution in [0.4, 0.5) is 0 Å². The molecule has 2 N–H and O–H groups in total. The van der Waals surface area contributed by atoms with Gasteiger partial charge in [-0.2, -0.15) is 0 Å². The molecule has 1 aromatic carbocycles. The summed E-state index contributed by atoms with van der Waals surface area (Å²) < 4.78 is 5.28. The molecule has 0 spiro atoms. The van der Waals surface area contributed by atoms with Gasteiger partial charge in [0.2, 0.25) is 0 Å². The van der Waals surface area contributed by atoms with E-state index in [1.165, 1.54) is 0 Å². The molecule has 0 saturated carbocycles. The first kappa shape index (κ1) is 13.4. The fourth-order valence-corrected chi connectivity index (χ4v) is 1.83. The number of aromatic hydroxyl groups is 1. The van der Waals surface area contributed by atoms with Gasteiger partial charge in [0.05, 0.1) is 13.0 Å². The molecule has 0 amide bonds. The molecule has 1 atom stereocenters. The predicted octanol–water partition coefficient (Wildman–Crippen LogP) is 2.76. The third-order valence-electron chi connectivity index (χ3n) is 2.68. The van der Waals surface area contributed by atoms with E-state index in [-0.39, 0.29) is 18.1 Å². The number of ether oxygens (including phenoxy) is 1. The molecule has 0 radical (unpaired) electrons. The number of carbonyl (C=O) groups is 1. The summed E-state index contributed by atoms with van der Waals surface area (Å²) in [7, 11) is 0. The van der Waals surface area contributed by atoms with Crippen molar-refractivity contribution in [1.82, 2.24) is 0 Å². The minimum atomic E-state index is -0.863. The van der Waals surface area contributed by atoms with E-state index in [0.29, 0.717) is 24.3 Å². The van der Waals surface area contributed by atoms with Crippen molar-refractivity contribution in [1.29, 1.82) is 0 Å². The number of carboxylic acids is 1. The molecule has 0 fully saturated rings. The van der Waals surface area contributed by atoms with Crippen LogP contribution in [0.2, 0.25) is 0 Å². The molecule has 1 unspecified atom stereocenters. The zero-order chi connectivity index (χ0) is 12.8. The Labute approximate surface area is 101 Å². The van der Waals surface area contributed by atoms with Crippen LogP contribution in [-0.2, 0) is 4.79 Å². The van der Waals surface area contributed by atoms with E-state index in [0.717, 1.165) is 0 Å². The average Bonchev–Trinajstić information content (AvgIpc) is 2.29. The molecule has 94 valence electrons. The van der Waals surface area contributed by atoms with E-state index in [1.54, 1.807) is 18.2 Å². The van der Waals surface area contributed by atoms with Crippen molar-refractivity contribution in [3.63, 3.8) is 0 Å². The third-order valence-corrected chi connectivity index (χ3v) is 2.68. The van der Waals surface area contributed by atoms with Gasteiger partial charge < -0.3 is 14.9 Å². The lowest BCUT2D eigenvalue weighted by Crippen LogP contribution is -2.06. The molecule has 0 aromatic heterocycles. The normalized spacial score (nSPS) is 12.1. The zero-order valence-corrected chi connectivity index (χ0v) is 10.1. The van der Waals surface area contributed by atoms with Crippen molar-refractivity contribution < 1.29 is 19.7 Å². The minimum absolute atomic E-state index is 0.0135. The summed E-state index contributed by atoms with van der Waals surface area (Å²) in [4.78, 5) is 10.8. The fourth-order valence-electron chi connectivity index (χ4n) is 1.83. The number of aliphatic carboxylic acids is 1. The number of para-hydroxylation sites is 1. The molecular formula is C13H18O4. The molecule has 1 rings (SSSR count). The first-order chi connectivity index (χ1) is 8.10. The highest BCUT2D eigenvalue weighted by molar-refractivity contribution is 5.68. The van der Waals surface area contributed by atoms with E-state index < -0.39 is 5.97 Å². The lowest BCUT2D eigenvalue weighted by molar-refractivity contribution is -0.137. The van der Waals surface area contributed by atoms with Crippen molar-refractivity contribution in [2.45, 2.75) is 32.6 Å². The Kier molecular flexibility index (Phi) is 4.82. The molecule has 4 heteroatoms. The van der Waals surface area contributed by atoms with Crippen LogP contribution in [0.25, 0.3) is 0 Å². The van der Waals surface area contributed by atoms with Gasteiger partial charge in [-0.05, 0) is 25.3 Å². The maximum atomic E-state index is 10.8. The van der Waals surface area contributed by atoms with Crippen molar-refractivity contribution in [3.8, 4) is 11.5 Å². The van der Waals surface area contributed by atoms with Crippen LogP contribution in [0.15, 0.2) is 18.2 Å². The van der Waals surface area contributed by atoms with E-state index in [2.05, 4.69) is 0 Å². The van der Waals surface area contributed by atoms with Gasteiger partial charge in [-0.25, -0.2) is 0 Å². The highest BCUT2D eigenvalue weighted by Gasteiger charge is 2.19. The molecule has 0 heterocycles. The number of hydrogen-bond acceptors (Lipinski definition) is 3. The standard InChI is InChI=1S/C13H18O4/c1-3-9(8-12(14)15)10-6-5-7-11(13(10)16)17-4-2/h5-7,9,16H,3-4,8H2,1-2H3,(H,14,15). The van der Waals surface area contributed by atoms with E-state index in [9.17, 15) is 9.90 Å². The summed E-state index contributed by atoms with van der Waals surface area (Å²) in [6.07, 6.45) is 0.676. The van der Waals surface area contributed by atoms with Crippen LogP contribution < -0.4 is 4.74 Å². The summed E-state index contributed by atoms with van der Waals surface area (Å²) in [5, 5.41) is 18.8. The Morgan fingerprint density at radius 3 is 2.65 bits per heavy atom. The summed E-state index contributed by atoms with van der Waals surface area (Å²) in [6.45, 7) is 4.20. The van der Waals surface area contributed by atoms with Gasteiger partial charge in [0.15, 0.2) is 11.5 Å². The molecular weight excluding hydrogens is 220 g/mol. The first-order valence-corrected chi connectivity index (χ1v) is 5.76. The van der Waals surface area contributed by atoms with Crippen molar-refractivity contribution in [2.75, 3.05) is 6.61 Å². The molecule has 0 aliphatic carbocycles. The SMILES string of the molecule is CCOc1cccc(C(CC)CC(=O)O)c1O. The van der Waals surface area contributed by atoms with Crippen LogP contribution in [-0.4, -0.2) is 22.8 Å². The lowest BCUT2D eigenvalue weighted by Gasteiger charge is -2.16. The molecule has 1 aromatic rings. The van der Waals surface area contributed by atoms with Crippen LogP contribution in [0.5, 0.6) is 11.5 Å². The summed E-state index contributed by atoms with van der Waals surface area (Å²) >= 11 is 0. The monoisotopic (exact) mass is 238 g/mol. The van der Waals surface area contributed by atoms with Gasteiger partial charge in [-0.15, -0.1) is 0 Å². The van der Waals surface area contributed by atoms with Crippen molar-refractivity contribution in [3.05, 3.63) is 23.8 Å². The smallest absolute Gasteiger partial charge is 0.303 e. The molecule has 0 bridgehead atoms. The van der Waals surface area contributed by atoms with Crippen molar-refractivity contribution >= 4 is 5.97 Å². The number of phenolic OH excluding ortho intramolecular Hbond substituents is 1. The largest absolute Gasteiger partial charge is 0.504 e. The second-order valence-corrected chi connectivity index (χ2v) is 3.83. The maximum absolute atomic E-state index is 10.8. The average molecular weight is 238 g/mol.